The molecule has 0 bridgehead atoms. The first kappa shape index (κ1) is 15.4. The van der Waals surface area contributed by atoms with Crippen LogP contribution in [0.4, 0.5) is 0 Å². The number of likely N-dealkylation sites (N-methyl/N-ethyl adjacent to an activating group) is 1. The molecule has 0 spiro atoms. The molecule has 4 nitrogen and oxygen atoms in total. The number of carbonyl (C=O) groups is 1. The molecule has 2 rings (SSSR count). The lowest BCUT2D eigenvalue weighted by Gasteiger charge is -2.29. The van der Waals surface area contributed by atoms with Crippen LogP contribution in [0.25, 0.3) is 0 Å². The lowest BCUT2D eigenvalue weighted by atomic mass is 10.0. The van der Waals surface area contributed by atoms with Crippen molar-refractivity contribution in [2.45, 2.75) is 31.3 Å². The number of nitrogens with zero attached hydrogens (tertiary/aromatic N) is 1. The zero-order valence-corrected chi connectivity index (χ0v) is 12.7. The van der Waals surface area contributed by atoms with Crippen molar-refractivity contribution in [3.05, 3.63) is 27.7 Å². The van der Waals surface area contributed by atoms with Gasteiger partial charge in [0.25, 0.3) is 5.91 Å². The number of hydrogen-bond acceptors (Lipinski definition) is 3. The standard InChI is InChI=1S/C14H17Cl2NO3/c1-17(8-14(20)4-2-3-5-14)13(19)12-10(16)6-9(15)7-11(12)18/h6-7,18,20H,2-5,8H2,1H3. The lowest BCUT2D eigenvalue weighted by molar-refractivity contribution is 0.0156. The molecule has 2 N–H and O–H groups in total. The topological polar surface area (TPSA) is 60.8 Å². The van der Waals surface area contributed by atoms with Gasteiger partial charge in [-0.25, -0.2) is 0 Å². The number of aromatic hydroxyl groups is 1. The van der Waals surface area contributed by atoms with E-state index in [0.717, 1.165) is 12.8 Å². The normalized spacial score (nSPS) is 17.2. The van der Waals surface area contributed by atoms with Gasteiger partial charge in [0.2, 0.25) is 0 Å². The molecular formula is C14H17Cl2NO3. The minimum absolute atomic E-state index is 0.0140. The molecule has 1 aromatic carbocycles. The first-order chi connectivity index (χ1) is 9.32. The molecule has 0 unspecified atom stereocenters. The molecule has 1 saturated carbocycles. The SMILES string of the molecule is CN(CC1(O)CCCC1)C(=O)c1c(O)cc(Cl)cc1Cl. The molecule has 0 radical (unpaired) electrons. The molecule has 1 fully saturated rings. The average molecular weight is 318 g/mol. The summed E-state index contributed by atoms with van der Waals surface area (Å²) in [5.74, 6) is -0.678. The third kappa shape index (κ3) is 3.19. The Morgan fingerprint density at radius 1 is 1.35 bits per heavy atom. The van der Waals surface area contributed by atoms with Crippen LogP contribution in [0.1, 0.15) is 36.0 Å². The highest BCUT2D eigenvalue weighted by atomic mass is 35.5. The van der Waals surface area contributed by atoms with E-state index >= 15 is 0 Å². The number of phenolic OH excluding ortho intramolecular Hbond substituents is 1. The van der Waals surface area contributed by atoms with Crippen LogP contribution in [0.5, 0.6) is 5.75 Å². The third-order valence-corrected chi connectivity index (χ3v) is 4.18. The highest BCUT2D eigenvalue weighted by Crippen LogP contribution is 2.33. The summed E-state index contributed by atoms with van der Waals surface area (Å²) in [4.78, 5) is 13.7. The Balaban J connectivity index is 2.19. The minimum Gasteiger partial charge on any atom is -0.507 e. The first-order valence-corrected chi connectivity index (χ1v) is 7.24. The molecule has 20 heavy (non-hydrogen) atoms. The summed E-state index contributed by atoms with van der Waals surface area (Å²) >= 11 is 11.7. The lowest BCUT2D eigenvalue weighted by Crippen LogP contribution is -2.42. The summed E-state index contributed by atoms with van der Waals surface area (Å²) in [6.45, 7) is 0.226. The molecule has 1 amide bonds. The smallest absolute Gasteiger partial charge is 0.258 e. The zero-order chi connectivity index (χ0) is 14.9. The van der Waals surface area contributed by atoms with E-state index in [1.54, 1.807) is 7.05 Å². The number of amides is 1. The fraction of sp³-hybridized carbons (Fsp3) is 0.500. The van der Waals surface area contributed by atoms with Gasteiger partial charge in [-0.15, -0.1) is 0 Å². The zero-order valence-electron chi connectivity index (χ0n) is 11.2. The summed E-state index contributed by atoms with van der Waals surface area (Å²) in [7, 11) is 1.59. The molecule has 0 aliphatic heterocycles. The average Bonchev–Trinajstić information content (AvgIpc) is 2.74. The van der Waals surface area contributed by atoms with E-state index in [9.17, 15) is 15.0 Å². The Hall–Kier alpha value is -0.970. The third-order valence-electron chi connectivity index (χ3n) is 3.66. The number of hydrogen-bond donors (Lipinski definition) is 2. The largest absolute Gasteiger partial charge is 0.507 e. The van der Waals surface area contributed by atoms with E-state index < -0.39 is 11.5 Å². The number of phenols is 1. The second-order valence-corrected chi connectivity index (χ2v) is 6.22. The Morgan fingerprint density at radius 3 is 2.50 bits per heavy atom. The van der Waals surface area contributed by atoms with Crippen molar-refractivity contribution in [2.24, 2.45) is 0 Å². The van der Waals surface area contributed by atoms with Crippen molar-refractivity contribution in [3.8, 4) is 5.75 Å². The summed E-state index contributed by atoms with van der Waals surface area (Å²) in [6, 6.07) is 2.69. The summed E-state index contributed by atoms with van der Waals surface area (Å²) in [5, 5.41) is 20.5. The predicted molar refractivity (Wildman–Crippen MR) is 78.5 cm³/mol. The van der Waals surface area contributed by atoms with Crippen molar-refractivity contribution in [1.82, 2.24) is 4.90 Å². The van der Waals surface area contributed by atoms with Gasteiger partial charge in [-0.1, -0.05) is 36.0 Å². The molecule has 0 heterocycles. The quantitative estimate of drug-likeness (QED) is 0.900. The fourth-order valence-corrected chi connectivity index (χ4v) is 3.23. The van der Waals surface area contributed by atoms with Crippen molar-refractivity contribution in [2.75, 3.05) is 13.6 Å². The number of halogens is 2. The molecule has 1 aliphatic carbocycles. The van der Waals surface area contributed by atoms with Gasteiger partial charge in [0, 0.05) is 18.6 Å². The van der Waals surface area contributed by atoms with Gasteiger partial charge in [0.15, 0.2) is 0 Å². The van der Waals surface area contributed by atoms with Crippen LogP contribution >= 0.6 is 23.2 Å². The van der Waals surface area contributed by atoms with Crippen LogP contribution in [0, 0.1) is 0 Å². The van der Waals surface area contributed by atoms with Gasteiger partial charge in [-0.2, -0.15) is 0 Å². The number of benzene rings is 1. The molecule has 0 saturated heterocycles. The number of aliphatic hydroxyl groups is 1. The van der Waals surface area contributed by atoms with Gasteiger partial charge in [-0.3, -0.25) is 4.79 Å². The Labute approximate surface area is 127 Å². The van der Waals surface area contributed by atoms with Gasteiger partial charge < -0.3 is 15.1 Å². The molecular weight excluding hydrogens is 301 g/mol. The number of rotatable bonds is 3. The highest BCUT2D eigenvalue weighted by molar-refractivity contribution is 6.37. The van der Waals surface area contributed by atoms with Gasteiger partial charge in [0.05, 0.1) is 16.2 Å². The van der Waals surface area contributed by atoms with E-state index in [4.69, 9.17) is 23.2 Å². The van der Waals surface area contributed by atoms with E-state index in [1.165, 1.54) is 17.0 Å². The van der Waals surface area contributed by atoms with E-state index in [1.807, 2.05) is 0 Å². The maximum atomic E-state index is 12.4. The van der Waals surface area contributed by atoms with Crippen LogP contribution in [-0.4, -0.2) is 40.2 Å². The van der Waals surface area contributed by atoms with Gasteiger partial charge >= 0.3 is 0 Å². The molecule has 0 aromatic heterocycles. The Kier molecular flexibility index (Phi) is 4.47. The maximum absolute atomic E-state index is 12.4. The molecule has 1 aromatic rings. The summed E-state index contributed by atoms with van der Waals surface area (Å²) in [6.07, 6.45) is 3.30. The number of carbonyl (C=O) groups excluding carboxylic acids is 1. The van der Waals surface area contributed by atoms with Gasteiger partial charge in [-0.05, 0) is 25.0 Å². The monoisotopic (exact) mass is 317 g/mol. The maximum Gasteiger partial charge on any atom is 0.258 e. The Bertz CT molecular complexity index is 504. The van der Waals surface area contributed by atoms with Crippen molar-refractivity contribution in [3.63, 3.8) is 0 Å². The van der Waals surface area contributed by atoms with E-state index in [2.05, 4.69) is 0 Å². The second-order valence-electron chi connectivity index (χ2n) is 5.37. The van der Waals surface area contributed by atoms with Crippen LogP contribution in [0.15, 0.2) is 12.1 Å². The van der Waals surface area contributed by atoms with Crippen molar-refractivity contribution >= 4 is 29.1 Å². The van der Waals surface area contributed by atoms with Crippen LogP contribution in [-0.2, 0) is 0 Å². The molecule has 0 atom stereocenters. The fourth-order valence-electron chi connectivity index (χ4n) is 2.67. The Morgan fingerprint density at radius 2 is 1.95 bits per heavy atom. The summed E-state index contributed by atoms with van der Waals surface area (Å²) in [5.41, 5.74) is -0.820. The van der Waals surface area contributed by atoms with E-state index in [0.29, 0.717) is 12.8 Å². The second kappa shape index (κ2) is 5.80. The molecule has 110 valence electrons. The molecule has 6 heteroatoms. The van der Waals surface area contributed by atoms with Crippen LogP contribution in [0.3, 0.4) is 0 Å². The first-order valence-electron chi connectivity index (χ1n) is 6.48. The van der Waals surface area contributed by atoms with Crippen molar-refractivity contribution in [1.29, 1.82) is 0 Å². The van der Waals surface area contributed by atoms with Crippen molar-refractivity contribution < 1.29 is 15.0 Å². The molecule has 1 aliphatic rings. The van der Waals surface area contributed by atoms with Crippen LogP contribution < -0.4 is 0 Å². The highest BCUT2D eigenvalue weighted by Gasteiger charge is 2.34. The van der Waals surface area contributed by atoms with E-state index in [-0.39, 0.29) is 27.9 Å². The summed E-state index contributed by atoms with van der Waals surface area (Å²) < 4.78 is 0. The van der Waals surface area contributed by atoms with Gasteiger partial charge in [0.1, 0.15) is 5.75 Å². The van der Waals surface area contributed by atoms with Crippen LogP contribution in [0.2, 0.25) is 10.0 Å². The minimum atomic E-state index is -0.834. The predicted octanol–water partition coefficient (Wildman–Crippen LogP) is 3.08.